The molecule has 2 unspecified atom stereocenters. The number of halogens is 2. The van der Waals surface area contributed by atoms with Gasteiger partial charge in [-0.1, -0.05) is 35.8 Å². The van der Waals surface area contributed by atoms with Gasteiger partial charge in [-0.25, -0.2) is 4.39 Å². The van der Waals surface area contributed by atoms with Crippen LogP contribution in [0.2, 0.25) is 0 Å². The van der Waals surface area contributed by atoms with Gasteiger partial charge in [0, 0.05) is 10.4 Å². The number of hydrogen-bond acceptors (Lipinski definition) is 1. The van der Waals surface area contributed by atoms with Gasteiger partial charge in [0.05, 0.1) is 6.10 Å². The maximum Gasteiger partial charge on any atom is 0.127 e. The number of rotatable bonds is 3. The molecule has 0 heterocycles. The van der Waals surface area contributed by atoms with Gasteiger partial charge in [0.15, 0.2) is 0 Å². The van der Waals surface area contributed by atoms with E-state index >= 15 is 0 Å². The van der Waals surface area contributed by atoms with Gasteiger partial charge in [-0.15, -0.1) is 0 Å². The van der Waals surface area contributed by atoms with Crippen LogP contribution < -0.4 is 0 Å². The lowest BCUT2D eigenvalue weighted by Crippen LogP contribution is -2.15. The Bertz CT molecular complexity index is 314. The predicted octanol–water partition coefficient (Wildman–Crippen LogP) is 3.46. The van der Waals surface area contributed by atoms with Crippen molar-refractivity contribution in [2.75, 3.05) is 0 Å². The van der Waals surface area contributed by atoms with Crippen LogP contribution in [0.25, 0.3) is 0 Å². The Morgan fingerprint density at radius 2 is 2.14 bits per heavy atom. The fourth-order valence-electron chi connectivity index (χ4n) is 1.43. The minimum absolute atomic E-state index is 0.159. The lowest BCUT2D eigenvalue weighted by molar-refractivity contribution is 0.143. The van der Waals surface area contributed by atoms with Gasteiger partial charge in [0.2, 0.25) is 0 Å². The molecule has 0 aliphatic rings. The summed E-state index contributed by atoms with van der Waals surface area (Å²) in [6.07, 6.45) is 0.155. The van der Waals surface area contributed by atoms with E-state index < -0.39 is 6.10 Å². The Kier molecular flexibility index (Phi) is 4.08. The van der Waals surface area contributed by atoms with Crippen LogP contribution in [0.15, 0.2) is 22.7 Å². The van der Waals surface area contributed by atoms with Crippen molar-refractivity contribution >= 4 is 15.9 Å². The first-order valence-corrected chi connectivity index (χ1v) is 5.48. The number of aliphatic hydroxyl groups is 1. The molecule has 0 saturated carbocycles. The highest BCUT2D eigenvalue weighted by Gasteiger charge is 2.17. The van der Waals surface area contributed by atoms with Crippen LogP contribution in [0, 0.1) is 5.82 Å². The Labute approximate surface area is 92.1 Å². The summed E-state index contributed by atoms with van der Waals surface area (Å²) in [5, 5.41) is 9.60. The summed E-state index contributed by atoms with van der Waals surface area (Å²) >= 11 is 3.20. The van der Waals surface area contributed by atoms with Crippen LogP contribution in [0.4, 0.5) is 4.39 Å². The molecule has 0 aliphatic heterocycles. The van der Waals surface area contributed by atoms with Crippen molar-refractivity contribution in [3.8, 4) is 0 Å². The summed E-state index contributed by atoms with van der Waals surface area (Å²) in [5.41, 5.74) is 0.572. The highest BCUT2D eigenvalue weighted by molar-refractivity contribution is 9.10. The first-order valence-electron chi connectivity index (χ1n) is 4.69. The molecule has 0 bridgehead atoms. The van der Waals surface area contributed by atoms with E-state index in [9.17, 15) is 9.50 Å². The number of hydrogen-bond donors (Lipinski definition) is 1. The van der Waals surface area contributed by atoms with Crippen molar-refractivity contribution in [2.45, 2.75) is 32.3 Å². The summed E-state index contributed by atoms with van der Waals surface area (Å²) in [4.78, 5) is 0. The van der Waals surface area contributed by atoms with E-state index in [0.717, 1.165) is 4.47 Å². The SMILES string of the molecule is CCC(O)C(C)c1ccc(Br)cc1F. The van der Waals surface area contributed by atoms with Gasteiger partial charge < -0.3 is 5.11 Å². The molecule has 78 valence electrons. The smallest absolute Gasteiger partial charge is 0.127 e. The van der Waals surface area contributed by atoms with Gasteiger partial charge >= 0.3 is 0 Å². The Balaban J connectivity index is 2.95. The van der Waals surface area contributed by atoms with E-state index in [2.05, 4.69) is 15.9 Å². The summed E-state index contributed by atoms with van der Waals surface area (Å²) in [6, 6.07) is 4.93. The van der Waals surface area contributed by atoms with Crippen molar-refractivity contribution in [3.05, 3.63) is 34.1 Å². The fourth-order valence-corrected chi connectivity index (χ4v) is 1.76. The largest absolute Gasteiger partial charge is 0.393 e. The van der Waals surface area contributed by atoms with Crippen LogP contribution in [-0.4, -0.2) is 11.2 Å². The second-order valence-corrected chi connectivity index (χ2v) is 4.35. The second-order valence-electron chi connectivity index (χ2n) is 3.43. The molecule has 2 atom stereocenters. The molecule has 1 aromatic rings. The van der Waals surface area contributed by atoms with E-state index in [4.69, 9.17) is 0 Å². The third-order valence-corrected chi connectivity index (χ3v) is 2.94. The van der Waals surface area contributed by atoms with Crippen molar-refractivity contribution in [1.29, 1.82) is 0 Å². The van der Waals surface area contributed by atoms with Crippen LogP contribution in [0.3, 0.4) is 0 Å². The van der Waals surface area contributed by atoms with E-state index in [1.165, 1.54) is 6.07 Å². The molecule has 0 fully saturated rings. The molecular formula is C11H14BrFO. The quantitative estimate of drug-likeness (QED) is 0.883. The number of benzene rings is 1. The average Bonchev–Trinajstić information content (AvgIpc) is 2.15. The van der Waals surface area contributed by atoms with Crippen LogP contribution >= 0.6 is 15.9 Å². The third kappa shape index (κ3) is 2.55. The predicted molar refractivity (Wildman–Crippen MR) is 58.8 cm³/mol. The molecule has 1 N–H and O–H groups in total. The minimum atomic E-state index is -0.481. The molecular weight excluding hydrogens is 247 g/mol. The summed E-state index contributed by atoms with van der Waals surface area (Å²) in [7, 11) is 0. The Morgan fingerprint density at radius 1 is 1.50 bits per heavy atom. The zero-order valence-electron chi connectivity index (χ0n) is 8.30. The summed E-state index contributed by atoms with van der Waals surface area (Å²) in [5.74, 6) is -0.424. The van der Waals surface area contributed by atoms with Gasteiger partial charge in [-0.3, -0.25) is 0 Å². The first kappa shape index (κ1) is 11.7. The van der Waals surface area contributed by atoms with Crippen LogP contribution in [0.5, 0.6) is 0 Å². The number of aliphatic hydroxyl groups excluding tert-OH is 1. The molecule has 1 aromatic carbocycles. The van der Waals surface area contributed by atoms with Crippen LogP contribution in [0.1, 0.15) is 31.7 Å². The zero-order chi connectivity index (χ0) is 10.7. The highest BCUT2D eigenvalue weighted by atomic mass is 79.9. The third-order valence-electron chi connectivity index (χ3n) is 2.45. The molecule has 3 heteroatoms. The van der Waals surface area contributed by atoms with Gasteiger partial charge in [0.1, 0.15) is 5.82 Å². The molecule has 0 saturated heterocycles. The molecule has 14 heavy (non-hydrogen) atoms. The summed E-state index contributed by atoms with van der Waals surface area (Å²) < 4.78 is 14.2. The van der Waals surface area contributed by atoms with Crippen LogP contribution in [-0.2, 0) is 0 Å². The van der Waals surface area contributed by atoms with Crippen molar-refractivity contribution in [2.24, 2.45) is 0 Å². The molecule has 0 aromatic heterocycles. The van der Waals surface area contributed by atoms with Crippen molar-refractivity contribution in [1.82, 2.24) is 0 Å². The topological polar surface area (TPSA) is 20.2 Å². The zero-order valence-corrected chi connectivity index (χ0v) is 9.88. The van der Waals surface area contributed by atoms with E-state index in [1.54, 1.807) is 12.1 Å². The van der Waals surface area contributed by atoms with E-state index in [-0.39, 0.29) is 11.7 Å². The second kappa shape index (κ2) is 4.89. The normalized spacial score (nSPS) is 15.2. The van der Waals surface area contributed by atoms with Crippen molar-refractivity contribution < 1.29 is 9.50 Å². The standard InChI is InChI=1S/C11H14BrFO/c1-3-11(14)7(2)9-5-4-8(12)6-10(9)13/h4-7,11,14H,3H2,1-2H3. The Morgan fingerprint density at radius 3 is 2.64 bits per heavy atom. The fraction of sp³-hybridized carbons (Fsp3) is 0.455. The molecule has 0 radical (unpaired) electrons. The molecule has 0 spiro atoms. The highest BCUT2D eigenvalue weighted by Crippen LogP contribution is 2.25. The van der Waals surface area contributed by atoms with E-state index in [1.807, 2.05) is 13.8 Å². The molecule has 1 nitrogen and oxygen atoms in total. The maximum atomic E-state index is 13.5. The average molecular weight is 261 g/mol. The molecule has 0 amide bonds. The maximum absolute atomic E-state index is 13.5. The monoisotopic (exact) mass is 260 g/mol. The minimum Gasteiger partial charge on any atom is -0.393 e. The Hall–Kier alpha value is -0.410. The van der Waals surface area contributed by atoms with Crippen molar-refractivity contribution in [3.63, 3.8) is 0 Å². The van der Waals surface area contributed by atoms with E-state index in [0.29, 0.717) is 12.0 Å². The van der Waals surface area contributed by atoms with Gasteiger partial charge in [-0.2, -0.15) is 0 Å². The first-order chi connectivity index (χ1) is 6.56. The van der Waals surface area contributed by atoms with Gasteiger partial charge in [0.25, 0.3) is 0 Å². The van der Waals surface area contributed by atoms with Gasteiger partial charge in [-0.05, 0) is 24.1 Å². The summed E-state index contributed by atoms with van der Waals surface area (Å²) in [6.45, 7) is 3.72. The molecule has 0 aliphatic carbocycles. The lowest BCUT2D eigenvalue weighted by Gasteiger charge is -2.18. The molecule has 1 rings (SSSR count). The lowest BCUT2D eigenvalue weighted by atomic mass is 9.93.